The largest absolute Gasteiger partial charge is 0.352 e. The lowest BCUT2D eigenvalue weighted by atomic mass is 10.2. The van der Waals surface area contributed by atoms with E-state index in [1.165, 1.54) is 30.7 Å². The summed E-state index contributed by atoms with van der Waals surface area (Å²) in [6.07, 6.45) is 4.69. The number of halogens is 1. The molecule has 25 heavy (non-hydrogen) atoms. The molecule has 0 spiro atoms. The Kier molecular flexibility index (Phi) is 6.35. The van der Waals surface area contributed by atoms with Crippen LogP contribution in [0.15, 0.2) is 36.8 Å². The average Bonchev–Trinajstić information content (AvgIpc) is 2.62. The number of amides is 2. The Labute approximate surface area is 147 Å². The van der Waals surface area contributed by atoms with Crippen molar-refractivity contribution < 1.29 is 14.5 Å². The molecule has 2 aromatic rings. The van der Waals surface area contributed by atoms with Crippen molar-refractivity contribution in [1.82, 2.24) is 20.6 Å². The van der Waals surface area contributed by atoms with Gasteiger partial charge >= 0.3 is 0 Å². The molecule has 0 radical (unpaired) electrons. The monoisotopic (exact) mass is 363 g/mol. The number of nitrogens with zero attached hydrogens (tertiary/aromatic N) is 3. The lowest BCUT2D eigenvalue weighted by Gasteiger charge is -2.07. The van der Waals surface area contributed by atoms with Gasteiger partial charge in [-0.2, -0.15) is 0 Å². The highest BCUT2D eigenvalue weighted by molar-refractivity contribution is 6.33. The van der Waals surface area contributed by atoms with E-state index < -0.39 is 10.8 Å². The minimum atomic E-state index is -0.602. The number of hydrogen-bond donors (Lipinski definition) is 2. The lowest BCUT2D eigenvalue weighted by molar-refractivity contribution is -0.384. The van der Waals surface area contributed by atoms with Gasteiger partial charge in [-0.3, -0.25) is 24.7 Å². The molecule has 0 unspecified atom stereocenters. The van der Waals surface area contributed by atoms with Gasteiger partial charge < -0.3 is 10.6 Å². The predicted molar refractivity (Wildman–Crippen MR) is 89.4 cm³/mol. The van der Waals surface area contributed by atoms with Gasteiger partial charge in [-0.15, -0.1) is 0 Å². The SMILES string of the molecule is O=C(NCCCNC(=O)c1cc([N+](=O)[O-])ccc1Cl)c1cnccn1. The number of benzene rings is 1. The van der Waals surface area contributed by atoms with Crippen LogP contribution in [0.1, 0.15) is 27.3 Å². The second-order valence-electron chi connectivity index (χ2n) is 4.88. The Morgan fingerprint density at radius 3 is 2.52 bits per heavy atom. The van der Waals surface area contributed by atoms with Crippen LogP contribution in [-0.2, 0) is 0 Å². The number of hydrogen-bond acceptors (Lipinski definition) is 6. The first-order chi connectivity index (χ1) is 12.0. The van der Waals surface area contributed by atoms with Crippen molar-refractivity contribution in [2.75, 3.05) is 13.1 Å². The van der Waals surface area contributed by atoms with Crippen LogP contribution in [0, 0.1) is 10.1 Å². The van der Waals surface area contributed by atoms with Crippen molar-refractivity contribution in [2.24, 2.45) is 0 Å². The Hall–Kier alpha value is -3.07. The van der Waals surface area contributed by atoms with E-state index in [0.29, 0.717) is 13.0 Å². The Morgan fingerprint density at radius 2 is 1.88 bits per heavy atom. The topological polar surface area (TPSA) is 127 Å². The van der Waals surface area contributed by atoms with E-state index >= 15 is 0 Å². The molecule has 0 aliphatic rings. The molecule has 2 amide bonds. The molecule has 0 saturated heterocycles. The summed E-state index contributed by atoms with van der Waals surface area (Å²) < 4.78 is 0. The van der Waals surface area contributed by atoms with Crippen LogP contribution >= 0.6 is 11.6 Å². The third kappa shape index (κ3) is 5.21. The van der Waals surface area contributed by atoms with Crippen molar-refractivity contribution in [3.8, 4) is 0 Å². The van der Waals surface area contributed by atoms with Crippen LogP contribution in [0.2, 0.25) is 5.02 Å². The van der Waals surface area contributed by atoms with Crippen molar-refractivity contribution in [3.63, 3.8) is 0 Å². The summed E-state index contributed by atoms with van der Waals surface area (Å²) in [5, 5.41) is 16.1. The van der Waals surface area contributed by atoms with Gasteiger partial charge in [-0.05, 0) is 12.5 Å². The van der Waals surface area contributed by atoms with E-state index in [9.17, 15) is 19.7 Å². The molecular formula is C15H14ClN5O4. The van der Waals surface area contributed by atoms with E-state index in [2.05, 4.69) is 20.6 Å². The summed E-state index contributed by atoms with van der Waals surface area (Å²) in [4.78, 5) is 41.6. The van der Waals surface area contributed by atoms with Gasteiger partial charge in [0.2, 0.25) is 0 Å². The van der Waals surface area contributed by atoms with Crippen LogP contribution in [-0.4, -0.2) is 39.8 Å². The summed E-state index contributed by atoms with van der Waals surface area (Å²) >= 11 is 5.89. The molecule has 1 aromatic heterocycles. The number of aromatic nitrogens is 2. The Balaban J connectivity index is 1.78. The maximum Gasteiger partial charge on any atom is 0.271 e. The van der Waals surface area contributed by atoms with Crippen molar-refractivity contribution in [2.45, 2.75) is 6.42 Å². The zero-order chi connectivity index (χ0) is 18.2. The fourth-order valence-electron chi connectivity index (χ4n) is 1.90. The van der Waals surface area contributed by atoms with E-state index in [1.54, 1.807) is 0 Å². The molecule has 2 rings (SSSR count). The normalized spacial score (nSPS) is 10.1. The molecule has 1 aromatic carbocycles. The number of nitro groups is 1. The molecule has 0 aliphatic carbocycles. The summed E-state index contributed by atoms with van der Waals surface area (Å²) in [6.45, 7) is 0.580. The highest BCUT2D eigenvalue weighted by Gasteiger charge is 2.15. The second kappa shape index (κ2) is 8.69. The van der Waals surface area contributed by atoms with Gasteiger partial charge in [0.05, 0.1) is 21.7 Å². The first-order valence-corrected chi connectivity index (χ1v) is 7.63. The van der Waals surface area contributed by atoms with Crippen molar-refractivity contribution >= 4 is 29.1 Å². The fourth-order valence-corrected chi connectivity index (χ4v) is 2.10. The van der Waals surface area contributed by atoms with Crippen molar-refractivity contribution in [3.05, 3.63) is 63.2 Å². The predicted octanol–water partition coefficient (Wildman–Crippen LogP) is 1.59. The zero-order valence-corrected chi connectivity index (χ0v) is 13.7. The Bertz CT molecular complexity index is 785. The highest BCUT2D eigenvalue weighted by atomic mass is 35.5. The molecule has 0 fully saturated rings. The van der Waals surface area contributed by atoms with Gasteiger partial charge in [0.25, 0.3) is 17.5 Å². The molecule has 0 atom stereocenters. The number of carbonyl (C=O) groups excluding carboxylic acids is 2. The maximum absolute atomic E-state index is 12.0. The second-order valence-corrected chi connectivity index (χ2v) is 5.28. The first-order valence-electron chi connectivity index (χ1n) is 7.25. The maximum atomic E-state index is 12.0. The summed E-state index contributed by atoms with van der Waals surface area (Å²) in [7, 11) is 0. The number of rotatable bonds is 7. The van der Waals surface area contributed by atoms with Gasteiger partial charge in [-0.1, -0.05) is 11.6 Å². The van der Waals surface area contributed by atoms with Gasteiger partial charge in [0.1, 0.15) is 5.69 Å². The van der Waals surface area contributed by atoms with E-state index in [1.807, 2.05) is 0 Å². The van der Waals surface area contributed by atoms with Crippen LogP contribution < -0.4 is 10.6 Å². The molecular weight excluding hydrogens is 350 g/mol. The van der Waals surface area contributed by atoms with Crippen LogP contribution in [0.3, 0.4) is 0 Å². The number of nitrogens with one attached hydrogen (secondary N) is 2. The standard InChI is InChI=1S/C15H14ClN5O4/c16-12-3-2-10(21(24)25)8-11(12)14(22)19-4-1-5-20-15(23)13-9-17-6-7-18-13/h2-3,6-9H,1,4-5H2,(H,19,22)(H,20,23). The number of non-ortho nitro benzene ring substituents is 1. The third-order valence-corrected chi connectivity index (χ3v) is 3.46. The number of carbonyl (C=O) groups is 2. The molecule has 0 saturated carbocycles. The first kappa shape index (κ1) is 18.3. The summed E-state index contributed by atoms with van der Waals surface area (Å²) in [5.74, 6) is -0.880. The highest BCUT2D eigenvalue weighted by Crippen LogP contribution is 2.21. The van der Waals surface area contributed by atoms with Crippen LogP contribution in [0.25, 0.3) is 0 Å². The minimum Gasteiger partial charge on any atom is -0.352 e. The van der Waals surface area contributed by atoms with Gasteiger partial charge in [0, 0.05) is 37.6 Å². The fraction of sp³-hybridized carbons (Fsp3) is 0.200. The van der Waals surface area contributed by atoms with E-state index in [4.69, 9.17) is 11.6 Å². The summed E-state index contributed by atoms with van der Waals surface area (Å²) in [6, 6.07) is 3.64. The third-order valence-electron chi connectivity index (χ3n) is 3.13. The smallest absolute Gasteiger partial charge is 0.271 e. The molecule has 10 heteroatoms. The van der Waals surface area contributed by atoms with Crippen LogP contribution in [0.5, 0.6) is 0 Å². The lowest BCUT2D eigenvalue weighted by Crippen LogP contribution is -2.30. The van der Waals surface area contributed by atoms with E-state index in [-0.39, 0.29) is 34.4 Å². The minimum absolute atomic E-state index is 0.0273. The average molecular weight is 364 g/mol. The molecule has 130 valence electrons. The van der Waals surface area contributed by atoms with Crippen LogP contribution in [0.4, 0.5) is 5.69 Å². The Morgan fingerprint density at radius 1 is 1.16 bits per heavy atom. The number of nitro benzene ring substituents is 1. The zero-order valence-electron chi connectivity index (χ0n) is 12.9. The van der Waals surface area contributed by atoms with Gasteiger partial charge in [0.15, 0.2) is 0 Å². The molecule has 2 N–H and O–H groups in total. The quantitative estimate of drug-likeness (QED) is 0.437. The van der Waals surface area contributed by atoms with E-state index in [0.717, 1.165) is 6.07 Å². The molecule has 0 aliphatic heterocycles. The molecule has 0 bridgehead atoms. The summed E-state index contributed by atoms with van der Waals surface area (Å²) in [5.41, 5.74) is 0.0140. The molecule has 1 heterocycles. The van der Waals surface area contributed by atoms with Gasteiger partial charge in [-0.25, -0.2) is 4.98 Å². The van der Waals surface area contributed by atoms with Crippen molar-refractivity contribution in [1.29, 1.82) is 0 Å². The molecule has 9 nitrogen and oxygen atoms in total.